The van der Waals surface area contributed by atoms with Gasteiger partial charge in [-0.05, 0) is 56.0 Å². The van der Waals surface area contributed by atoms with Crippen LogP contribution in [0.1, 0.15) is 32.6 Å². The molecule has 2 rings (SSSR count). The van der Waals surface area contributed by atoms with Crippen LogP contribution in [0.5, 0.6) is 0 Å². The quantitative estimate of drug-likeness (QED) is 0.511. The predicted molar refractivity (Wildman–Crippen MR) is 91.3 cm³/mol. The zero-order valence-electron chi connectivity index (χ0n) is 13.2. The molecule has 0 bridgehead atoms. The van der Waals surface area contributed by atoms with Gasteiger partial charge in [-0.1, -0.05) is 11.8 Å². The van der Waals surface area contributed by atoms with Crippen molar-refractivity contribution in [3.05, 3.63) is 39.9 Å². The number of Topliss-reactive ketones (excluding diaryl/α,β-unsaturated/α-hetero) is 1. The van der Waals surface area contributed by atoms with Crippen LogP contribution in [-0.4, -0.2) is 21.5 Å². The third-order valence-electron chi connectivity index (χ3n) is 3.86. The molecule has 0 amide bonds. The van der Waals surface area contributed by atoms with Gasteiger partial charge in [0.15, 0.2) is 10.9 Å². The van der Waals surface area contributed by atoms with Crippen molar-refractivity contribution >= 4 is 29.2 Å². The third-order valence-corrected chi connectivity index (χ3v) is 4.71. The van der Waals surface area contributed by atoms with Crippen LogP contribution in [0.3, 0.4) is 0 Å². The van der Waals surface area contributed by atoms with Gasteiger partial charge in [0.1, 0.15) is 11.6 Å². The highest BCUT2D eigenvalue weighted by molar-refractivity contribution is 7.99. The highest BCUT2D eigenvalue weighted by atomic mass is 32.2. The maximum absolute atomic E-state index is 12.5. The molecule has 6 heteroatoms. The van der Waals surface area contributed by atoms with E-state index in [1.54, 1.807) is 0 Å². The van der Waals surface area contributed by atoms with E-state index in [-0.39, 0.29) is 11.5 Å². The van der Waals surface area contributed by atoms with E-state index in [4.69, 9.17) is 11.5 Å². The lowest BCUT2D eigenvalue weighted by Gasteiger charge is -2.13. The Morgan fingerprint density at radius 1 is 1.00 bits per heavy atom. The minimum atomic E-state index is 0.0540. The number of aromatic nitrogens is 2. The SMILES string of the molecule is Cc1cc(C(=O)CSc2nc(N)cc(N)n2)c(C)c(C)c1C. The Morgan fingerprint density at radius 2 is 1.59 bits per heavy atom. The predicted octanol–water partition coefficient (Wildman–Crippen LogP) is 2.85. The molecule has 2 aromatic rings. The summed E-state index contributed by atoms with van der Waals surface area (Å²) in [7, 11) is 0. The summed E-state index contributed by atoms with van der Waals surface area (Å²) in [5.74, 6) is 0.922. The van der Waals surface area contributed by atoms with E-state index in [2.05, 4.69) is 16.9 Å². The monoisotopic (exact) mass is 316 g/mol. The number of nitrogen functional groups attached to an aromatic ring is 2. The van der Waals surface area contributed by atoms with Gasteiger partial charge in [0, 0.05) is 11.6 Å². The van der Waals surface area contributed by atoms with Gasteiger partial charge in [-0.3, -0.25) is 4.79 Å². The van der Waals surface area contributed by atoms with Gasteiger partial charge in [-0.25, -0.2) is 9.97 Å². The van der Waals surface area contributed by atoms with Gasteiger partial charge in [-0.15, -0.1) is 0 Å². The lowest BCUT2D eigenvalue weighted by molar-refractivity contribution is 0.102. The Morgan fingerprint density at radius 3 is 2.18 bits per heavy atom. The number of anilines is 2. The Bertz CT molecular complexity index is 723. The highest BCUT2D eigenvalue weighted by Gasteiger charge is 2.15. The van der Waals surface area contributed by atoms with Crippen molar-refractivity contribution in [2.24, 2.45) is 0 Å². The van der Waals surface area contributed by atoms with Crippen molar-refractivity contribution in [1.82, 2.24) is 9.97 Å². The number of thioether (sulfide) groups is 1. The summed E-state index contributed by atoms with van der Waals surface area (Å²) < 4.78 is 0. The fraction of sp³-hybridized carbons (Fsp3) is 0.312. The number of nitrogens with two attached hydrogens (primary N) is 2. The summed E-state index contributed by atoms with van der Waals surface area (Å²) >= 11 is 1.24. The molecule has 0 fully saturated rings. The second kappa shape index (κ2) is 6.36. The summed E-state index contributed by atoms with van der Waals surface area (Å²) in [6.45, 7) is 8.12. The minimum Gasteiger partial charge on any atom is -0.383 e. The summed E-state index contributed by atoms with van der Waals surface area (Å²) in [5, 5.41) is 0.420. The van der Waals surface area contributed by atoms with Crippen molar-refractivity contribution in [2.75, 3.05) is 17.2 Å². The molecule has 1 aromatic heterocycles. The molecule has 22 heavy (non-hydrogen) atoms. The highest BCUT2D eigenvalue weighted by Crippen LogP contribution is 2.24. The second-order valence-corrected chi connectivity index (χ2v) is 6.27. The average molecular weight is 316 g/mol. The smallest absolute Gasteiger partial charge is 0.191 e. The molecule has 0 aliphatic heterocycles. The number of carbonyl (C=O) groups is 1. The molecule has 116 valence electrons. The molecular formula is C16H20N4OS. The third kappa shape index (κ3) is 3.39. The van der Waals surface area contributed by atoms with Crippen LogP contribution in [0, 0.1) is 27.7 Å². The van der Waals surface area contributed by atoms with Crippen LogP contribution in [0.2, 0.25) is 0 Å². The van der Waals surface area contributed by atoms with Crippen LogP contribution in [0.4, 0.5) is 11.6 Å². The Balaban J connectivity index is 2.20. The number of hydrogen-bond acceptors (Lipinski definition) is 6. The van der Waals surface area contributed by atoms with Crippen molar-refractivity contribution in [1.29, 1.82) is 0 Å². The molecule has 4 N–H and O–H groups in total. The number of rotatable bonds is 4. The van der Waals surface area contributed by atoms with Crippen molar-refractivity contribution in [2.45, 2.75) is 32.9 Å². The van der Waals surface area contributed by atoms with Crippen LogP contribution >= 0.6 is 11.8 Å². The molecule has 0 radical (unpaired) electrons. The first-order valence-electron chi connectivity index (χ1n) is 6.93. The number of aryl methyl sites for hydroxylation is 1. The van der Waals surface area contributed by atoms with Gasteiger partial charge in [0.2, 0.25) is 0 Å². The summed E-state index contributed by atoms with van der Waals surface area (Å²) in [6, 6.07) is 3.44. The minimum absolute atomic E-state index is 0.0540. The van der Waals surface area contributed by atoms with Gasteiger partial charge < -0.3 is 11.5 Å². The number of nitrogens with zero attached hydrogens (tertiary/aromatic N) is 2. The summed E-state index contributed by atoms with van der Waals surface area (Å²) in [4.78, 5) is 20.6. The number of ketones is 1. The van der Waals surface area contributed by atoms with Crippen molar-refractivity contribution in [3.63, 3.8) is 0 Å². The maximum Gasteiger partial charge on any atom is 0.191 e. The molecule has 1 heterocycles. The molecule has 0 spiro atoms. The number of hydrogen-bond donors (Lipinski definition) is 2. The maximum atomic E-state index is 12.5. The molecular weight excluding hydrogens is 296 g/mol. The largest absolute Gasteiger partial charge is 0.383 e. The first-order valence-corrected chi connectivity index (χ1v) is 7.91. The van der Waals surface area contributed by atoms with Gasteiger partial charge in [0.05, 0.1) is 5.75 Å². The van der Waals surface area contributed by atoms with E-state index in [0.29, 0.717) is 16.8 Å². The standard InChI is InChI=1S/C16H20N4OS/c1-8-5-12(11(4)10(3)9(8)2)13(21)7-22-16-19-14(17)6-15(18)20-16/h5-6H,7H2,1-4H3,(H4,17,18,19,20). The van der Waals surface area contributed by atoms with Crippen LogP contribution in [0.15, 0.2) is 17.3 Å². The van der Waals surface area contributed by atoms with E-state index >= 15 is 0 Å². The zero-order chi connectivity index (χ0) is 16.4. The first kappa shape index (κ1) is 16.3. The van der Waals surface area contributed by atoms with Crippen LogP contribution < -0.4 is 11.5 Å². The number of benzene rings is 1. The van der Waals surface area contributed by atoms with E-state index in [1.165, 1.54) is 23.4 Å². The van der Waals surface area contributed by atoms with E-state index < -0.39 is 0 Å². The average Bonchev–Trinajstić information content (AvgIpc) is 2.45. The normalized spacial score (nSPS) is 10.7. The zero-order valence-corrected chi connectivity index (χ0v) is 14.0. The van der Waals surface area contributed by atoms with E-state index in [0.717, 1.165) is 22.3 Å². The molecule has 1 aromatic carbocycles. The van der Waals surface area contributed by atoms with Gasteiger partial charge >= 0.3 is 0 Å². The molecule has 0 saturated carbocycles. The molecule has 0 aliphatic carbocycles. The van der Waals surface area contributed by atoms with Crippen LogP contribution in [-0.2, 0) is 0 Å². The Labute approximate surface area is 134 Å². The Kier molecular flexibility index (Phi) is 4.71. The Hall–Kier alpha value is -2.08. The topological polar surface area (TPSA) is 94.9 Å². The van der Waals surface area contributed by atoms with Crippen molar-refractivity contribution < 1.29 is 4.79 Å². The van der Waals surface area contributed by atoms with Crippen LogP contribution in [0.25, 0.3) is 0 Å². The fourth-order valence-electron chi connectivity index (χ4n) is 2.24. The summed E-state index contributed by atoms with van der Waals surface area (Å²) in [5.41, 5.74) is 16.6. The van der Waals surface area contributed by atoms with Gasteiger partial charge in [0.25, 0.3) is 0 Å². The van der Waals surface area contributed by atoms with Crippen molar-refractivity contribution in [3.8, 4) is 0 Å². The second-order valence-electron chi connectivity index (χ2n) is 5.33. The fourth-order valence-corrected chi connectivity index (χ4v) is 2.99. The summed E-state index contributed by atoms with van der Waals surface area (Å²) in [6.07, 6.45) is 0. The molecule has 0 aliphatic rings. The molecule has 5 nitrogen and oxygen atoms in total. The first-order chi connectivity index (χ1) is 10.3. The van der Waals surface area contributed by atoms with Gasteiger partial charge in [-0.2, -0.15) is 0 Å². The lowest BCUT2D eigenvalue weighted by atomic mass is 9.93. The lowest BCUT2D eigenvalue weighted by Crippen LogP contribution is -2.09. The molecule has 0 saturated heterocycles. The van der Waals surface area contributed by atoms with E-state index in [1.807, 2.05) is 26.8 Å². The molecule has 0 atom stereocenters. The van der Waals surface area contributed by atoms with E-state index in [9.17, 15) is 4.79 Å². The number of carbonyl (C=O) groups excluding carboxylic acids is 1. The molecule has 0 unspecified atom stereocenters.